The van der Waals surface area contributed by atoms with Crippen molar-refractivity contribution >= 4 is 11.8 Å². The van der Waals surface area contributed by atoms with Crippen LogP contribution in [0.4, 0.5) is 0 Å². The lowest BCUT2D eigenvalue weighted by Crippen LogP contribution is -2.30. The molecular weight excluding hydrogens is 202 g/mol. The largest absolute Gasteiger partial charge is 0.316 e. The average molecular weight is 221 g/mol. The summed E-state index contributed by atoms with van der Waals surface area (Å²) in [7, 11) is 2.08. The van der Waals surface area contributed by atoms with Crippen molar-refractivity contribution in [3.8, 4) is 0 Å². The first kappa shape index (κ1) is 11.0. The Bertz CT molecular complexity index is 324. The molecule has 1 saturated carbocycles. The van der Waals surface area contributed by atoms with Crippen LogP contribution in [0.25, 0.3) is 0 Å². The summed E-state index contributed by atoms with van der Waals surface area (Å²) in [6.07, 6.45) is 4.05. The van der Waals surface area contributed by atoms with Gasteiger partial charge in [0.25, 0.3) is 0 Å². The second-order valence-corrected chi connectivity index (χ2v) is 5.61. The van der Waals surface area contributed by atoms with E-state index in [0.717, 1.165) is 5.25 Å². The van der Waals surface area contributed by atoms with Crippen LogP contribution in [0.3, 0.4) is 0 Å². The summed E-state index contributed by atoms with van der Waals surface area (Å²) in [5.74, 6) is 0. The summed E-state index contributed by atoms with van der Waals surface area (Å²) in [6.45, 7) is 2.16. The summed E-state index contributed by atoms with van der Waals surface area (Å²) < 4.78 is 0. The van der Waals surface area contributed by atoms with E-state index in [9.17, 15) is 0 Å². The molecule has 0 aliphatic heterocycles. The van der Waals surface area contributed by atoms with Gasteiger partial charge in [0, 0.05) is 16.2 Å². The van der Waals surface area contributed by atoms with Crippen LogP contribution in [0.5, 0.6) is 0 Å². The molecule has 1 N–H and O–H groups in total. The van der Waals surface area contributed by atoms with E-state index in [1.807, 2.05) is 11.8 Å². The lowest BCUT2D eigenvalue weighted by molar-refractivity contribution is 0.591. The summed E-state index contributed by atoms with van der Waals surface area (Å²) >= 11 is 2.04. The standard InChI is InChI=1S/C13H19NS/c1-10-5-3-6-11(9-10)15-13-8-4-7-12(13)14-2/h3,5-6,9,12-14H,4,7-8H2,1-2H3. The van der Waals surface area contributed by atoms with Crippen LogP contribution in [0.2, 0.25) is 0 Å². The van der Waals surface area contributed by atoms with Gasteiger partial charge in [-0.3, -0.25) is 0 Å². The third-order valence-corrected chi connectivity index (χ3v) is 4.49. The van der Waals surface area contributed by atoms with Gasteiger partial charge in [0.1, 0.15) is 0 Å². The molecule has 2 atom stereocenters. The Balaban J connectivity index is 2.02. The highest BCUT2D eigenvalue weighted by Crippen LogP contribution is 2.35. The third-order valence-electron chi connectivity index (χ3n) is 3.10. The van der Waals surface area contributed by atoms with Gasteiger partial charge >= 0.3 is 0 Å². The van der Waals surface area contributed by atoms with E-state index in [0.29, 0.717) is 6.04 Å². The lowest BCUT2D eigenvalue weighted by atomic mass is 10.2. The van der Waals surface area contributed by atoms with Crippen molar-refractivity contribution in [3.05, 3.63) is 29.8 Å². The number of aryl methyl sites for hydroxylation is 1. The minimum atomic E-state index is 0.704. The Morgan fingerprint density at radius 3 is 2.93 bits per heavy atom. The molecule has 1 aliphatic rings. The quantitative estimate of drug-likeness (QED) is 0.841. The molecule has 2 rings (SSSR count). The molecule has 1 nitrogen and oxygen atoms in total. The van der Waals surface area contributed by atoms with Crippen molar-refractivity contribution in [2.24, 2.45) is 0 Å². The number of hydrogen-bond donors (Lipinski definition) is 1. The number of thioether (sulfide) groups is 1. The topological polar surface area (TPSA) is 12.0 Å². The van der Waals surface area contributed by atoms with Crippen LogP contribution in [-0.4, -0.2) is 18.3 Å². The number of nitrogens with one attached hydrogen (secondary N) is 1. The first-order chi connectivity index (χ1) is 7.29. The highest BCUT2D eigenvalue weighted by Gasteiger charge is 2.26. The normalized spacial score (nSPS) is 25.7. The van der Waals surface area contributed by atoms with Crippen molar-refractivity contribution in [1.29, 1.82) is 0 Å². The van der Waals surface area contributed by atoms with E-state index in [1.165, 1.54) is 29.7 Å². The Kier molecular flexibility index (Phi) is 3.71. The van der Waals surface area contributed by atoms with Crippen LogP contribution < -0.4 is 5.32 Å². The van der Waals surface area contributed by atoms with Crippen molar-refractivity contribution in [3.63, 3.8) is 0 Å². The molecule has 0 amide bonds. The van der Waals surface area contributed by atoms with E-state index in [2.05, 4.69) is 43.6 Å². The van der Waals surface area contributed by atoms with Gasteiger partial charge in [0.15, 0.2) is 0 Å². The predicted octanol–water partition coefficient (Wildman–Crippen LogP) is 3.23. The maximum Gasteiger partial charge on any atom is 0.0248 e. The van der Waals surface area contributed by atoms with Crippen molar-refractivity contribution in [2.45, 2.75) is 42.4 Å². The minimum absolute atomic E-state index is 0.704. The van der Waals surface area contributed by atoms with Crippen LogP contribution in [0.15, 0.2) is 29.2 Å². The summed E-state index contributed by atoms with van der Waals surface area (Å²) in [5.41, 5.74) is 1.36. The van der Waals surface area contributed by atoms with Gasteiger partial charge in [0.2, 0.25) is 0 Å². The zero-order chi connectivity index (χ0) is 10.7. The Hall–Kier alpha value is -0.470. The Morgan fingerprint density at radius 1 is 1.33 bits per heavy atom. The van der Waals surface area contributed by atoms with E-state index in [1.54, 1.807) is 0 Å². The van der Waals surface area contributed by atoms with E-state index in [4.69, 9.17) is 0 Å². The van der Waals surface area contributed by atoms with Gasteiger partial charge < -0.3 is 5.32 Å². The SMILES string of the molecule is CNC1CCCC1Sc1cccc(C)c1. The lowest BCUT2D eigenvalue weighted by Gasteiger charge is -2.18. The monoisotopic (exact) mass is 221 g/mol. The van der Waals surface area contributed by atoms with Gasteiger partial charge in [-0.2, -0.15) is 0 Å². The fourth-order valence-electron chi connectivity index (χ4n) is 2.26. The van der Waals surface area contributed by atoms with Crippen molar-refractivity contribution in [1.82, 2.24) is 5.32 Å². The first-order valence-corrected chi connectivity index (χ1v) is 6.58. The van der Waals surface area contributed by atoms with Gasteiger partial charge in [-0.15, -0.1) is 11.8 Å². The van der Waals surface area contributed by atoms with Crippen LogP contribution >= 0.6 is 11.8 Å². The fourth-order valence-corrected chi connectivity index (χ4v) is 3.74. The average Bonchev–Trinajstić information content (AvgIpc) is 2.65. The zero-order valence-electron chi connectivity index (χ0n) is 9.49. The van der Waals surface area contributed by atoms with Gasteiger partial charge in [0.05, 0.1) is 0 Å². The number of benzene rings is 1. The molecule has 0 spiro atoms. The molecule has 1 aliphatic carbocycles. The van der Waals surface area contributed by atoms with Gasteiger partial charge in [-0.05, 0) is 38.9 Å². The second-order valence-electron chi connectivity index (χ2n) is 4.30. The molecular formula is C13H19NS. The second kappa shape index (κ2) is 5.04. The van der Waals surface area contributed by atoms with Crippen LogP contribution in [0.1, 0.15) is 24.8 Å². The fraction of sp³-hybridized carbons (Fsp3) is 0.538. The molecule has 2 unspecified atom stereocenters. The number of hydrogen-bond acceptors (Lipinski definition) is 2. The predicted molar refractivity (Wildman–Crippen MR) is 67.5 cm³/mol. The van der Waals surface area contributed by atoms with Gasteiger partial charge in [-0.1, -0.05) is 24.1 Å². The molecule has 2 heteroatoms. The minimum Gasteiger partial charge on any atom is -0.316 e. The summed E-state index contributed by atoms with van der Waals surface area (Å²) in [4.78, 5) is 1.42. The summed E-state index contributed by atoms with van der Waals surface area (Å²) in [5, 5.41) is 4.19. The maximum atomic E-state index is 3.43. The maximum absolute atomic E-state index is 3.43. The van der Waals surface area contributed by atoms with E-state index < -0.39 is 0 Å². The molecule has 1 aromatic rings. The molecule has 15 heavy (non-hydrogen) atoms. The third kappa shape index (κ3) is 2.76. The first-order valence-electron chi connectivity index (χ1n) is 5.70. The molecule has 0 heterocycles. The number of rotatable bonds is 3. The molecule has 0 bridgehead atoms. The molecule has 0 aromatic heterocycles. The highest BCUT2D eigenvalue weighted by molar-refractivity contribution is 8.00. The van der Waals surface area contributed by atoms with Gasteiger partial charge in [-0.25, -0.2) is 0 Å². The van der Waals surface area contributed by atoms with Crippen molar-refractivity contribution in [2.75, 3.05) is 7.05 Å². The zero-order valence-corrected chi connectivity index (χ0v) is 10.3. The molecule has 1 fully saturated rings. The Morgan fingerprint density at radius 2 is 2.20 bits per heavy atom. The van der Waals surface area contributed by atoms with Crippen LogP contribution in [0, 0.1) is 6.92 Å². The Labute approximate surface area is 96.7 Å². The molecule has 1 aromatic carbocycles. The van der Waals surface area contributed by atoms with E-state index in [-0.39, 0.29) is 0 Å². The highest BCUT2D eigenvalue weighted by atomic mass is 32.2. The van der Waals surface area contributed by atoms with E-state index >= 15 is 0 Å². The summed E-state index contributed by atoms with van der Waals surface area (Å²) in [6, 6.07) is 9.53. The molecule has 82 valence electrons. The van der Waals surface area contributed by atoms with Crippen molar-refractivity contribution < 1.29 is 0 Å². The molecule has 0 saturated heterocycles. The van der Waals surface area contributed by atoms with Crippen LogP contribution in [-0.2, 0) is 0 Å². The smallest absolute Gasteiger partial charge is 0.0248 e. The molecule has 0 radical (unpaired) electrons.